The maximum absolute atomic E-state index is 12.0. The van der Waals surface area contributed by atoms with Crippen LogP contribution in [0.25, 0.3) is 0 Å². The van der Waals surface area contributed by atoms with Crippen LogP contribution in [0.4, 0.5) is 0 Å². The minimum Gasteiger partial charge on any atom is -0.504 e. The summed E-state index contributed by atoms with van der Waals surface area (Å²) in [5, 5.41) is 12.5. The first-order valence-electron chi connectivity index (χ1n) is 7.32. The summed E-state index contributed by atoms with van der Waals surface area (Å²) in [4.78, 5) is 20.1. The van der Waals surface area contributed by atoms with Gasteiger partial charge < -0.3 is 15.2 Å². The van der Waals surface area contributed by atoms with Crippen molar-refractivity contribution in [3.05, 3.63) is 36.2 Å². The third kappa shape index (κ3) is 4.05. The molecule has 0 aliphatic rings. The van der Waals surface area contributed by atoms with Gasteiger partial charge in [-0.2, -0.15) is 9.97 Å². The van der Waals surface area contributed by atoms with Crippen LogP contribution in [0.5, 0.6) is 17.5 Å². The van der Waals surface area contributed by atoms with Gasteiger partial charge in [-0.25, -0.2) is 8.42 Å². The fourth-order valence-electron chi connectivity index (χ4n) is 2.16. The highest BCUT2D eigenvalue weighted by atomic mass is 32.2. The summed E-state index contributed by atoms with van der Waals surface area (Å²) in [7, 11) is -1.90. The second-order valence-corrected chi connectivity index (χ2v) is 7.96. The number of nitrogens with zero attached hydrogens (tertiary/aromatic N) is 2. The molecule has 2 rings (SSSR count). The predicted octanol–water partition coefficient (Wildman–Crippen LogP) is 1.40. The van der Waals surface area contributed by atoms with Crippen LogP contribution in [0.3, 0.4) is 0 Å². The number of rotatable bonds is 5. The molecule has 1 amide bonds. The molecule has 2 aromatic rings. The average molecular weight is 365 g/mol. The van der Waals surface area contributed by atoms with Crippen LogP contribution in [0.15, 0.2) is 35.4 Å². The SMILES string of the molecule is CNC(=O)C(C)(C)c1nc(Oc2cccc(S(C)(=O)=O)c2)ncc1O. The number of sulfone groups is 1. The molecule has 0 aliphatic heterocycles. The summed E-state index contributed by atoms with van der Waals surface area (Å²) in [5.41, 5.74) is -1.02. The van der Waals surface area contributed by atoms with Crippen LogP contribution in [0, 0.1) is 0 Å². The number of ether oxygens (including phenoxy) is 1. The number of carbonyl (C=O) groups excluding carboxylic acids is 1. The summed E-state index contributed by atoms with van der Waals surface area (Å²) in [6.07, 6.45) is 2.22. The number of aromatic nitrogens is 2. The maximum atomic E-state index is 12.0. The number of hydrogen-bond acceptors (Lipinski definition) is 7. The van der Waals surface area contributed by atoms with E-state index in [1.807, 2.05) is 0 Å². The molecule has 0 aliphatic carbocycles. The van der Waals surface area contributed by atoms with Crippen LogP contribution in [0.2, 0.25) is 0 Å². The average Bonchev–Trinajstić information content (AvgIpc) is 2.55. The van der Waals surface area contributed by atoms with E-state index >= 15 is 0 Å². The molecule has 8 nitrogen and oxygen atoms in total. The lowest BCUT2D eigenvalue weighted by Gasteiger charge is -2.22. The summed E-state index contributed by atoms with van der Waals surface area (Å²) in [6.45, 7) is 3.20. The molecule has 134 valence electrons. The summed E-state index contributed by atoms with van der Waals surface area (Å²) in [6, 6.07) is 5.75. The first kappa shape index (κ1) is 18.7. The topological polar surface area (TPSA) is 118 Å². The van der Waals surface area contributed by atoms with Gasteiger partial charge in [0, 0.05) is 13.3 Å². The first-order valence-corrected chi connectivity index (χ1v) is 9.21. The van der Waals surface area contributed by atoms with Crippen molar-refractivity contribution in [3.8, 4) is 17.5 Å². The highest BCUT2D eigenvalue weighted by Gasteiger charge is 2.34. The van der Waals surface area contributed by atoms with E-state index in [2.05, 4.69) is 15.3 Å². The molecule has 0 fully saturated rings. The molecular formula is C16H19N3O5S. The van der Waals surface area contributed by atoms with E-state index in [1.54, 1.807) is 19.9 Å². The predicted molar refractivity (Wildman–Crippen MR) is 90.4 cm³/mol. The number of likely N-dealkylation sites (N-methyl/N-ethyl adjacent to an activating group) is 1. The van der Waals surface area contributed by atoms with Crippen molar-refractivity contribution < 1.29 is 23.1 Å². The highest BCUT2D eigenvalue weighted by molar-refractivity contribution is 7.90. The Morgan fingerprint density at radius 2 is 2.00 bits per heavy atom. The summed E-state index contributed by atoms with van der Waals surface area (Å²) in [5.74, 6) is -0.366. The molecule has 9 heteroatoms. The quantitative estimate of drug-likeness (QED) is 0.822. The Kier molecular flexibility index (Phi) is 4.98. The standard InChI is InChI=1S/C16H19N3O5S/c1-16(2,14(21)17-3)13-12(20)9-18-15(19-13)24-10-6-5-7-11(8-10)25(4,22)23/h5-9,20H,1-4H3,(H,17,21). The minimum atomic E-state index is -3.38. The van der Waals surface area contributed by atoms with Gasteiger partial charge in [-0.1, -0.05) is 6.07 Å². The van der Waals surface area contributed by atoms with Crippen molar-refractivity contribution in [3.63, 3.8) is 0 Å². The fraction of sp³-hybridized carbons (Fsp3) is 0.312. The zero-order valence-corrected chi connectivity index (χ0v) is 15.1. The smallest absolute Gasteiger partial charge is 0.322 e. The lowest BCUT2D eigenvalue weighted by atomic mass is 9.87. The first-order chi connectivity index (χ1) is 11.6. The second kappa shape index (κ2) is 6.67. The number of benzene rings is 1. The van der Waals surface area contributed by atoms with Gasteiger partial charge >= 0.3 is 6.01 Å². The third-order valence-electron chi connectivity index (χ3n) is 3.58. The van der Waals surface area contributed by atoms with Gasteiger partial charge in [0.25, 0.3) is 0 Å². The molecule has 0 atom stereocenters. The van der Waals surface area contributed by atoms with Gasteiger partial charge in [0.15, 0.2) is 15.6 Å². The number of aromatic hydroxyl groups is 1. The number of amides is 1. The lowest BCUT2D eigenvalue weighted by molar-refractivity contribution is -0.125. The highest BCUT2D eigenvalue weighted by Crippen LogP contribution is 2.31. The van der Waals surface area contributed by atoms with E-state index < -0.39 is 15.3 Å². The Morgan fingerprint density at radius 3 is 2.60 bits per heavy atom. The van der Waals surface area contributed by atoms with E-state index in [4.69, 9.17) is 4.74 Å². The normalized spacial score (nSPS) is 11.8. The molecule has 0 bridgehead atoms. The Balaban J connectivity index is 2.40. The molecule has 1 aromatic heterocycles. The summed E-state index contributed by atoms with van der Waals surface area (Å²) < 4.78 is 28.7. The van der Waals surface area contributed by atoms with Gasteiger partial charge in [0.2, 0.25) is 5.91 Å². The number of nitrogens with one attached hydrogen (secondary N) is 1. The second-order valence-electron chi connectivity index (χ2n) is 5.94. The van der Waals surface area contributed by atoms with Gasteiger partial charge in [0.05, 0.1) is 16.5 Å². The maximum Gasteiger partial charge on any atom is 0.322 e. The zero-order valence-electron chi connectivity index (χ0n) is 14.3. The van der Waals surface area contributed by atoms with Crippen LogP contribution < -0.4 is 10.1 Å². The minimum absolute atomic E-state index is 0.0923. The van der Waals surface area contributed by atoms with E-state index in [-0.39, 0.29) is 34.0 Å². The van der Waals surface area contributed by atoms with Crippen molar-refractivity contribution in [1.29, 1.82) is 0 Å². The Bertz CT molecular complexity index is 910. The Morgan fingerprint density at radius 1 is 1.32 bits per heavy atom. The van der Waals surface area contributed by atoms with Crippen LogP contribution >= 0.6 is 0 Å². The van der Waals surface area contributed by atoms with Crippen molar-refractivity contribution in [2.45, 2.75) is 24.2 Å². The lowest BCUT2D eigenvalue weighted by Crippen LogP contribution is -2.38. The number of hydrogen-bond donors (Lipinski definition) is 2. The van der Waals surface area contributed by atoms with Gasteiger partial charge in [-0.15, -0.1) is 0 Å². The molecule has 2 N–H and O–H groups in total. The van der Waals surface area contributed by atoms with Crippen molar-refractivity contribution in [1.82, 2.24) is 15.3 Å². The molecular weight excluding hydrogens is 346 g/mol. The summed E-state index contributed by atoms with van der Waals surface area (Å²) >= 11 is 0. The van der Waals surface area contributed by atoms with Gasteiger partial charge in [0.1, 0.15) is 11.4 Å². The number of carbonyl (C=O) groups is 1. The largest absolute Gasteiger partial charge is 0.504 e. The molecule has 0 unspecified atom stereocenters. The fourth-order valence-corrected chi connectivity index (χ4v) is 2.82. The van der Waals surface area contributed by atoms with Crippen molar-refractivity contribution >= 4 is 15.7 Å². The van der Waals surface area contributed by atoms with Gasteiger partial charge in [-0.05, 0) is 32.0 Å². The van der Waals surface area contributed by atoms with E-state index in [1.165, 1.54) is 25.2 Å². The van der Waals surface area contributed by atoms with Crippen LogP contribution in [-0.2, 0) is 20.0 Å². The molecule has 25 heavy (non-hydrogen) atoms. The van der Waals surface area contributed by atoms with Crippen LogP contribution in [0.1, 0.15) is 19.5 Å². The molecule has 0 spiro atoms. The molecule has 0 saturated heterocycles. The zero-order chi connectivity index (χ0) is 18.8. The molecule has 0 saturated carbocycles. The Hall–Kier alpha value is -2.68. The van der Waals surface area contributed by atoms with E-state index in [9.17, 15) is 18.3 Å². The monoisotopic (exact) mass is 365 g/mol. The van der Waals surface area contributed by atoms with E-state index in [0.29, 0.717) is 0 Å². The molecule has 0 radical (unpaired) electrons. The third-order valence-corrected chi connectivity index (χ3v) is 4.69. The Labute approximate surface area is 145 Å². The van der Waals surface area contributed by atoms with Crippen molar-refractivity contribution in [2.24, 2.45) is 0 Å². The van der Waals surface area contributed by atoms with Crippen molar-refractivity contribution in [2.75, 3.05) is 13.3 Å². The van der Waals surface area contributed by atoms with Gasteiger partial charge in [-0.3, -0.25) is 4.79 Å². The van der Waals surface area contributed by atoms with Crippen LogP contribution in [-0.4, -0.2) is 42.7 Å². The molecule has 1 aromatic carbocycles. The molecule has 1 heterocycles. The van der Waals surface area contributed by atoms with E-state index in [0.717, 1.165) is 12.5 Å².